The first kappa shape index (κ1) is 25.9. The minimum atomic E-state index is -5.13. The molecule has 0 radical (unpaired) electrons. The van der Waals surface area contributed by atoms with E-state index in [0.29, 0.717) is 5.56 Å². The number of hydrogen-bond donors (Lipinski definition) is 4. The van der Waals surface area contributed by atoms with Crippen molar-refractivity contribution >= 4 is 61.1 Å². The van der Waals surface area contributed by atoms with Gasteiger partial charge in [0.15, 0.2) is 0 Å². The van der Waals surface area contributed by atoms with Gasteiger partial charge in [-0.1, -0.05) is 60.7 Å². The Balaban J connectivity index is 0.00000108. The molecule has 8 nitrogen and oxygen atoms in total. The van der Waals surface area contributed by atoms with E-state index in [9.17, 15) is 25.9 Å². The van der Waals surface area contributed by atoms with E-state index in [1.54, 1.807) is 40.7 Å². The van der Waals surface area contributed by atoms with Gasteiger partial charge in [-0.25, -0.2) is 10.8 Å². The average Bonchev–Trinajstić information content (AvgIpc) is 2.60. The second-order valence-electron chi connectivity index (χ2n) is 4.92. The van der Waals surface area contributed by atoms with Gasteiger partial charge >= 0.3 is 0 Å². The molecule has 150 valence electrons. The molecule has 0 fully saturated rings. The van der Waals surface area contributed by atoms with E-state index in [1.165, 1.54) is 24.3 Å². The van der Waals surface area contributed by atoms with E-state index >= 15 is 0 Å². The van der Waals surface area contributed by atoms with E-state index < -0.39 is 30.2 Å². The van der Waals surface area contributed by atoms with Gasteiger partial charge < -0.3 is 0 Å². The number of isothiocyanates is 2. The SMILES string of the molecule is N=C=S.N=C=S.O=S(=O)(O)C1(S(=O)(=O)O)C=CC=CC1C=Cc1ccccc1. The van der Waals surface area contributed by atoms with Crippen LogP contribution in [0.25, 0.3) is 6.08 Å². The van der Waals surface area contributed by atoms with Crippen LogP contribution in [-0.4, -0.2) is 40.3 Å². The highest BCUT2D eigenvalue weighted by molar-refractivity contribution is 8.05. The number of nitrogens with one attached hydrogen (secondary N) is 2. The molecule has 2 rings (SSSR count). The predicted octanol–water partition coefficient (Wildman–Crippen LogP) is 3.25. The van der Waals surface area contributed by atoms with Crippen molar-refractivity contribution < 1.29 is 25.9 Å². The summed E-state index contributed by atoms with van der Waals surface area (Å²) in [4.78, 5) is 0. The van der Waals surface area contributed by atoms with Crippen molar-refractivity contribution in [3.05, 3.63) is 66.3 Å². The number of allylic oxidation sites excluding steroid dienone is 4. The predicted molar refractivity (Wildman–Crippen MR) is 114 cm³/mol. The smallest absolute Gasteiger partial charge is 0.284 e. The summed E-state index contributed by atoms with van der Waals surface area (Å²) < 4.78 is 62.7. The number of hydrogen-bond acceptors (Lipinski definition) is 8. The van der Waals surface area contributed by atoms with E-state index in [0.717, 1.165) is 12.2 Å². The molecule has 1 aromatic carbocycles. The van der Waals surface area contributed by atoms with Gasteiger partial charge in [0.05, 0.1) is 10.3 Å². The van der Waals surface area contributed by atoms with E-state index in [-0.39, 0.29) is 0 Å². The Morgan fingerprint density at radius 1 is 0.964 bits per heavy atom. The van der Waals surface area contributed by atoms with E-state index in [4.69, 9.17) is 10.8 Å². The lowest BCUT2D eigenvalue weighted by Crippen LogP contribution is -2.50. The van der Waals surface area contributed by atoms with Crippen molar-refractivity contribution in [2.24, 2.45) is 5.92 Å². The number of benzene rings is 1. The molecule has 0 amide bonds. The molecule has 1 atom stereocenters. The molecule has 12 heteroatoms. The Bertz CT molecular complexity index is 972. The first-order valence-corrected chi connectivity index (χ1v) is 10.8. The fraction of sp³-hybridized carbons (Fsp3) is 0.125. The molecule has 0 heterocycles. The Hall–Kier alpha value is -2.14. The molecule has 0 bridgehead atoms. The fourth-order valence-electron chi connectivity index (χ4n) is 2.24. The Kier molecular flexibility index (Phi) is 10.8. The summed E-state index contributed by atoms with van der Waals surface area (Å²) in [6, 6.07) is 8.79. The largest absolute Gasteiger partial charge is 0.292 e. The third-order valence-corrected chi connectivity index (χ3v) is 7.02. The third-order valence-electron chi connectivity index (χ3n) is 3.32. The van der Waals surface area contributed by atoms with Gasteiger partial charge in [-0.05, 0) is 36.1 Å². The van der Waals surface area contributed by atoms with Crippen molar-refractivity contribution in [2.75, 3.05) is 0 Å². The maximum Gasteiger partial charge on any atom is 0.292 e. The molecular formula is C16H16N2O6S4. The lowest BCUT2D eigenvalue weighted by atomic mass is 9.98. The molecule has 0 saturated heterocycles. The zero-order chi connectivity index (χ0) is 21.8. The topological polar surface area (TPSA) is 156 Å². The summed E-state index contributed by atoms with van der Waals surface area (Å²) in [5, 5.41) is 14.7. The van der Waals surface area contributed by atoms with Crippen molar-refractivity contribution in [1.82, 2.24) is 0 Å². The van der Waals surface area contributed by atoms with E-state index in [1.807, 2.05) is 0 Å². The highest BCUT2D eigenvalue weighted by atomic mass is 32.3. The highest BCUT2D eigenvalue weighted by Gasteiger charge is 2.57. The summed E-state index contributed by atoms with van der Waals surface area (Å²) in [6.07, 6.45) is 7.44. The summed E-state index contributed by atoms with van der Waals surface area (Å²) in [5.74, 6) is -1.28. The standard InChI is InChI=1S/C14H14O6S2.2CHNS/c15-21(16,17)14(22(18,19)20)11-5-4-8-13(14)10-9-12-6-2-1-3-7-12;2*2-1-3/h1-11,13H,(H,15,16,17)(H,18,19,20);2*2H. The van der Waals surface area contributed by atoms with Gasteiger partial charge in [0.1, 0.15) is 0 Å². The second kappa shape index (κ2) is 11.6. The zero-order valence-electron chi connectivity index (χ0n) is 14.1. The first-order valence-electron chi connectivity index (χ1n) is 7.13. The molecule has 1 aliphatic rings. The summed E-state index contributed by atoms with van der Waals surface area (Å²) >= 11 is 7.62. The van der Waals surface area contributed by atoms with Crippen LogP contribution in [0.2, 0.25) is 0 Å². The minimum Gasteiger partial charge on any atom is -0.284 e. The summed E-state index contributed by atoms with van der Waals surface area (Å²) in [7, 11) is -10.3. The maximum atomic E-state index is 11.7. The van der Waals surface area contributed by atoms with Crippen molar-refractivity contribution in [3.8, 4) is 0 Å². The third kappa shape index (κ3) is 6.79. The molecule has 0 saturated carbocycles. The van der Waals surface area contributed by atoms with Gasteiger partial charge in [0.2, 0.25) is 4.08 Å². The van der Waals surface area contributed by atoms with Crippen LogP contribution in [0.15, 0.2) is 60.7 Å². The molecule has 1 aromatic rings. The maximum absolute atomic E-state index is 11.7. The van der Waals surface area contributed by atoms with Crippen molar-refractivity contribution in [3.63, 3.8) is 0 Å². The van der Waals surface area contributed by atoms with Crippen LogP contribution in [0.5, 0.6) is 0 Å². The summed E-state index contributed by atoms with van der Waals surface area (Å²) in [5.41, 5.74) is 0.713. The van der Waals surface area contributed by atoms with Gasteiger partial charge in [-0.2, -0.15) is 16.8 Å². The molecule has 4 N–H and O–H groups in total. The molecular weight excluding hydrogens is 444 g/mol. The molecule has 0 aromatic heterocycles. The summed E-state index contributed by atoms with van der Waals surface area (Å²) in [6.45, 7) is 0. The molecule has 0 spiro atoms. The van der Waals surface area contributed by atoms with E-state index in [2.05, 4.69) is 24.4 Å². The van der Waals surface area contributed by atoms with Gasteiger partial charge in [0, 0.05) is 5.92 Å². The van der Waals surface area contributed by atoms with Crippen LogP contribution in [0, 0.1) is 16.7 Å². The number of rotatable bonds is 4. The minimum absolute atomic E-state index is 0.713. The van der Waals surface area contributed by atoms with Crippen LogP contribution < -0.4 is 0 Å². The zero-order valence-corrected chi connectivity index (χ0v) is 17.4. The van der Waals surface area contributed by atoms with Gasteiger partial charge in [-0.15, -0.1) is 0 Å². The molecule has 1 aliphatic carbocycles. The highest BCUT2D eigenvalue weighted by Crippen LogP contribution is 2.38. The quantitative estimate of drug-likeness (QED) is 0.303. The lowest BCUT2D eigenvalue weighted by Gasteiger charge is -2.30. The molecule has 0 aliphatic heterocycles. The lowest BCUT2D eigenvalue weighted by molar-refractivity contribution is 0.425. The number of thiocarbonyl (C=S) groups is 2. The Labute approximate surface area is 173 Å². The molecule has 28 heavy (non-hydrogen) atoms. The molecule has 1 unspecified atom stereocenters. The van der Waals surface area contributed by atoms with Crippen LogP contribution >= 0.6 is 24.4 Å². The average molecular weight is 461 g/mol. The Morgan fingerprint density at radius 3 is 1.86 bits per heavy atom. The van der Waals surface area contributed by atoms with Crippen LogP contribution in [0.3, 0.4) is 0 Å². The van der Waals surface area contributed by atoms with Crippen LogP contribution in [0.1, 0.15) is 5.56 Å². The second-order valence-corrected chi connectivity index (χ2v) is 8.83. The monoisotopic (exact) mass is 460 g/mol. The van der Waals surface area contributed by atoms with Gasteiger partial charge in [0.25, 0.3) is 20.2 Å². The van der Waals surface area contributed by atoms with Gasteiger partial charge in [-0.3, -0.25) is 9.11 Å². The van der Waals surface area contributed by atoms with Crippen molar-refractivity contribution in [2.45, 2.75) is 4.08 Å². The van der Waals surface area contributed by atoms with Crippen LogP contribution in [-0.2, 0) is 20.2 Å². The normalized spacial score (nSPS) is 17.3. The first-order chi connectivity index (χ1) is 13.0. The fourth-order valence-corrected chi connectivity index (χ4v) is 4.81. The Morgan fingerprint density at radius 2 is 1.43 bits per heavy atom. The van der Waals surface area contributed by atoms with Crippen LogP contribution in [0.4, 0.5) is 0 Å². The van der Waals surface area contributed by atoms with Crippen molar-refractivity contribution in [1.29, 1.82) is 10.8 Å².